The second kappa shape index (κ2) is 13.0. The van der Waals surface area contributed by atoms with Crippen LogP contribution in [-0.4, -0.2) is 68.7 Å². The predicted molar refractivity (Wildman–Crippen MR) is 178 cm³/mol. The molecule has 0 bridgehead atoms. The molecular formula is C36H38N4O5. The van der Waals surface area contributed by atoms with Gasteiger partial charge in [0, 0.05) is 49.2 Å². The summed E-state index contributed by atoms with van der Waals surface area (Å²) in [4.78, 5) is 34.7. The van der Waals surface area contributed by atoms with E-state index in [9.17, 15) is 9.59 Å². The van der Waals surface area contributed by atoms with Crippen LogP contribution in [0.1, 0.15) is 27.0 Å². The summed E-state index contributed by atoms with van der Waals surface area (Å²) in [5, 5.41) is 3.96. The largest absolute Gasteiger partial charge is 0.495 e. The molecule has 0 radical (unpaired) electrons. The molecule has 6 rings (SSSR count). The lowest BCUT2D eigenvalue weighted by atomic mass is 9.99. The number of carbonyl (C=O) groups excluding carboxylic acids is 1. The van der Waals surface area contributed by atoms with Gasteiger partial charge in [0.1, 0.15) is 5.75 Å². The summed E-state index contributed by atoms with van der Waals surface area (Å²) in [6.45, 7) is 4.60. The SMILES string of the molecule is COc1cc2c(cc1OC)CN(CCN(C)Cc1ccc(NC(=O)c3cccc4c(=O)c5cccc(OC)c5[nH]c34)cc1)CC2. The fourth-order valence-corrected chi connectivity index (χ4v) is 6.08. The van der Waals surface area contributed by atoms with Crippen molar-refractivity contribution in [1.82, 2.24) is 14.8 Å². The number of methoxy groups -OCH3 is 3. The molecule has 1 aliphatic rings. The van der Waals surface area contributed by atoms with Gasteiger partial charge in [0.05, 0.1) is 37.9 Å². The lowest BCUT2D eigenvalue weighted by Crippen LogP contribution is -2.36. The Balaban J connectivity index is 1.08. The van der Waals surface area contributed by atoms with Gasteiger partial charge in [-0.25, -0.2) is 0 Å². The number of fused-ring (bicyclic) bond motifs is 3. The van der Waals surface area contributed by atoms with Crippen molar-refractivity contribution >= 4 is 33.4 Å². The Bertz CT molecular complexity index is 1920. The summed E-state index contributed by atoms with van der Waals surface area (Å²) in [5.41, 5.74) is 5.75. The van der Waals surface area contributed by atoms with Crippen LogP contribution in [-0.2, 0) is 19.5 Å². The van der Waals surface area contributed by atoms with Crippen molar-refractivity contribution in [2.45, 2.75) is 19.5 Å². The molecule has 1 aromatic heterocycles. The smallest absolute Gasteiger partial charge is 0.257 e. The van der Waals surface area contributed by atoms with Crippen molar-refractivity contribution < 1.29 is 19.0 Å². The number of para-hydroxylation sites is 2. The van der Waals surface area contributed by atoms with Crippen LogP contribution < -0.4 is 25.0 Å². The van der Waals surface area contributed by atoms with Gasteiger partial charge in [0.25, 0.3) is 5.91 Å². The second-order valence-corrected chi connectivity index (χ2v) is 11.5. The van der Waals surface area contributed by atoms with E-state index < -0.39 is 0 Å². The summed E-state index contributed by atoms with van der Waals surface area (Å²) in [6.07, 6.45) is 0.992. The number of carbonyl (C=O) groups is 1. The molecule has 45 heavy (non-hydrogen) atoms. The van der Waals surface area contributed by atoms with E-state index in [1.807, 2.05) is 24.3 Å². The summed E-state index contributed by atoms with van der Waals surface area (Å²) in [5.74, 6) is 1.81. The summed E-state index contributed by atoms with van der Waals surface area (Å²) >= 11 is 0. The minimum Gasteiger partial charge on any atom is -0.495 e. The second-order valence-electron chi connectivity index (χ2n) is 11.5. The van der Waals surface area contributed by atoms with Gasteiger partial charge in [-0.3, -0.25) is 14.5 Å². The van der Waals surface area contributed by atoms with E-state index in [-0.39, 0.29) is 11.3 Å². The molecule has 9 nitrogen and oxygen atoms in total. The molecule has 2 N–H and O–H groups in total. The molecule has 0 spiro atoms. The first-order valence-corrected chi connectivity index (χ1v) is 15.0. The number of pyridine rings is 1. The van der Waals surface area contributed by atoms with Gasteiger partial charge in [0.15, 0.2) is 16.9 Å². The van der Waals surface area contributed by atoms with Crippen LogP contribution in [0.5, 0.6) is 17.2 Å². The normalized spacial score (nSPS) is 13.2. The predicted octanol–water partition coefficient (Wildman–Crippen LogP) is 5.45. The molecule has 0 unspecified atom stereocenters. The number of aromatic amines is 1. The molecule has 0 fully saturated rings. The van der Waals surface area contributed by atoms with E-state index >= 15 is 0 Å². The Morgan fingerprint density at radius 1 is 0.867 bits per heavy atom. The minimum absolute atomic E-state index is 0.147. The molecule has 0 atom stereocenters. The Labute approximate surface area is 262 Å². The number of amides is 1. The Morgan fingerprint density at radius 3 is 2.24 bits per heavy atom. The van der Waals surface area contributed by atoms with Crippen LogP contribution >= 0.6 is 0 Å². The number of H-pyrrole nitrogens is 1. The molecule has 0 saturated carbocycles. The van der Waals surface area contributed by atoms with Crippen LogP contribution in [0, 0.1) is 0 Å². The highest BCUT2D eigenvalue weighted by atomic mass is 16.5. The maximum absolute atomic E-state index is 13.4. The molecule has 9 heteroatoms. The van der Waals surface area contributed by atoms with Crippen molar-refractivity contribution in [3.8, 4) is 17.2 Å². The maximum Gasteiger partial charge on any atom is 0.257 e. The van der Waals surface area contributed by atoms with Crippen molar-refractivity contribution in [1.29, 1.82) is 0 Å². The van der Waals surface area contributed by atoms with E-state index in [0.29, 0.717) is 38.8 Å². The molecule has 5 aromatic rings. The number of likely N-dealkylation sites (N-methyl/N-ethyl adjacent to an activating group) is 1. The fraction of sp³-hybridized carbons (Fsp3) is 0.278. The number of hydrogen-bond acceptors (Lipinski definition) is 7. The number of benzene rings is 4. The van der Waals surface area contributed by atoms with Gasteiger partial charge in [-0.1, -0.05) is 24.3 Å². The fourth-order valence-electron chi connectivity index (χ4n) is 6.08. The van der Waals surface area contributed by atoms with E-state index in [1.165, 1.54) is 11.1 Å². The molecule has 232 valence electrons. The third-order valence-electron chi connectivity index (χ3n) is 8.55. The number of hydrogen-bond donors (Lipinski definition) is 2. The molecular weight excluding hydrogens is 568 g/mol. The van der Waals surface area contributed by atoms with Crippen LogP contribution in [0.15, 0.2) is 77.6 Å². The third-order valence-corrected chi connectivity index (χ3v) is 8.55. The number of ether oxygens (including phenoxy) is 3. The molecule has 2 heterocycles. The van der Waals surface area contributed by atoms with Crippen molar-refractivity contribution in [3.05, 3.63) is 105 Å². The third kappa shape index (κ3) is 6.22. The zero-order valence-electron chi connectivity index (χ0n) is 26.1. The quantitative estimate of drug-likeness (QED) is 0.204. The molecule has 0 aliphatic carbocycles. The number of aromatic nitrogens is 1. The number of anilines is 1. The van der Waals surface area contributed by atoms with Crippen LogP contribution in [0.3, 0.4) is 0 Å². The zero-order valence-corrected chi connectivity index (χ0v) is 26.1. The summed E-state index contributed by atoms with van der Waals surface area (Å²) in [6, 6.07) is 22.6. The highest BCUT2D eigenvalue weighted by Gasteiger charge is 2.20. The van der Waals surface area contributed by atoms with E-state index in [2.05, 4.69) is 39.3 Å². The lowest BCUT2D eigenvalue weighted by Gasteiger charge is -2.31. The van der Waals surface area contributed by atoms with Gasteiger partial charge < -0.3 is 29.4 Å². The molecule has 0 saturated heterocycles. The van der Waals surface area contributed by atoms with E-state index in [0.717, 1.165) is 56.2 Å². The van der Waals surface area contributed by atoms with Crippen molar-refractivity contribution in [2.24, 2.45) is 0 Å². The standard InChI is InChI=1S/C36H38N4O5/c1-39(17-18-40-16-15-24-19-31(44-3)32(45-4)20-25(24)22-40)21-23-11-13-26(14-12-23)37-36(42)29-9-5-7-27-33(29)38-34-28(35(27)41)8-6-10-30(34)43-2/h5-14,19-20H,15-18,21-22H2,1-4H3,(H,37,42)(H,38,41). The molecule has 4 aromatic carbocycles. The minimum atomic E-state index is -0.297. The highest BCUT2D eigenvalue weighted by Crippen LogP contribution is 2.33. The van der Waals surface area contributed by atoms with Crippen LogP contribution in [0.2, 0.25) is 0 Å². The van der Waals surface area contributed by atoms with E-state index in [1.54, 1.807) is 57.7 Å². The van der Waals surface area contributed by atoms with Crippen LogP contribution in [0.4, 0.5) is 5.69 Å². The Kier molecular flexibility index (Phi) is 8.73. The molecule has 1 amide bonds. The number of rotatable bonds is 10. The highest BCUT2D eigenvalue weighted by molar-refractivity contribution is 6.13. The number of nitrogens with one attached hydrogen (secondary N) is 2. The van der Waals surface area contributed by atoms with Gasteiger partial charge in [-0.15, -0.1) is 0 Å². The number of nitrogens with zero attached hydrogens (tertiary/aromatic N) is 2. The first-order valence-electron chi connectivity index (χ1n) is 15.0. The van der Waals surface area contributed by atoms with Crippen molar-refractivity contribution in [2.75, 3.05) is 53.3 Å². The zero-order chi connectivity index (χ0) is 31.5. The van der Waals surface area contributed by atoms with Gasteiger partial charge in [-0.2, -0.15) is 0 Å². The lowest BCUT2D eigenvalue weighted by molar-refractivity contribution is 0.102. The van der Waals surface area contributed by atoms with Gasteiger partial charge in [-0.05, 0) is 78.7 Å². The topological polar surface area (TPSA) is 96.1 Å². The van der Waals surface area contributed by atoms with Gasteiger partial charge in [0.2, 0.25) is 0 Å². The average molecular weight is 607 g/mol. The first kappa shape index (κ1) is 30.2. The summed E-state index contributed by atoms with van der Waals surface area (Å²) < 4.78 is 16.4. The Morgan fingerprint density at radius 2 is 1.53 bits per heavy atom. The monoisotopic (exact) mass is 606 g/mol. The Hall–Kier alpha value is -4.86. The average Bonchev–Trinajstić information content (AvgIpc) is 3.07. The summed E-state index contributed by atoms with van der Waals surface area (Å²) in [7, 11) is 7.03. The van der Waals surface area contributed by atoms with E-state index in [4.69, 9.17) is 14.2 Å². The van der Waals surface area contributed by atoms with Gasteiger partial charge >= 0.3 is 0 Å². The van der Waals surface area contributed by atoms with Crippen molar-refractivity contribution in [3.63, 3.8) is 0 Å². The van der Waals surface area contributed by atoms with Crippen LogP contribution in [0.25, 0.3) is 21.8 Å². The molecule has 1 aliphatic heterocycles. The first-order chi connectivity index (χ1) is 21.9. The maximum atomic E-state index is 13.4.